The molecule has 0 saturated carbocycles. The largest absolute Gasteiger partial charge is 0.459 e. The molecule has 0 aliphatic heterocycles. The van der Waals surface area contributed by atoms with Gasteiger partial charge in [0.15, 0.2) is 12.4 Å². The zero-order chi connectivity index (χ0) is 17.4. The predicted octanol–water partition coefficient (Wildman–Crippen LogP) is 1.72. The van der Waals surface area contributed by atoms with Gasteiger partial charge in [0.05, 0.1) is 12.7 Å². The Hall–Kier alpha value is -3.16. The zero-order valence-electron chi connectivity index (χ0n) is 12.6. The van der Waals surface area contributed by atoms with Crippen LogP contribution in [0, 0.1) is 5.82 Å². The molecule has 0 aliphatic carbocycles. The number of amides is 2. The van der Waals surface area contributed by atoms with E-state index >= 15 is 0 Å². The van der Waals surface area contributed by atoms with Gasteiger partial charge in [0.2, 0.25) is 0 Å². The number of anilines is 1. The maximum atomic E-state index is 12.7. The van der Waals surface area contributed by atoms with Gasteiger partial charge >= 0.3 is 5.97 Å². The average molecular weight is 334 g/mol. The van der Waals surface area contributed by atoms with Crippen molar-refractivity contribution < 1.29 is 27.9 Å². The number of carbonyl (C=O) groups excluding carboxylic acids is 3. The molecule has 24 heavy (non-hydrogen) atoms. The number of halogens is 1. The molecule has 1 aromatic heterocycles. The summed E-state index contributed by atoms with van der Waals surface area (Å²) in [6, 6.07) is 8.24. The highest BCUT2D eigenvalue weighted by Crippen LogP contribution is 2.07. The summed E-state index contributed by atoms with van der Waals surface area (Å²) in [5.41, 5.74) is 0.392. The van der Waals surface area contributed by atoms with E-state index in [1.807, 2.05) is 0 Å². The van der Waals surface area contributed by atoms with Gasteiger partial charge in [-0.2, -0.15) is 0 Å². The van der Waals surface area contributed by atoms with E-state index in [0.717, 1.165) is 0 Å². The van der Waals surface area contributed by atoms with Gasteiger partial charge in [0, 0.05) is 12.2 Å². The molecular formula is C16H15FN2O5. The van der Waals surface area contributed by atoms with Crippen molar-refractivity contribution in [3.05, 3.63) is 54.2 Å². The molecule has 8 heteroatoms. The number of esters is 1. The van der Waals surface area contributed by atoms with Crippen LogP contribution in [0.25, 0.3) is 0 Å². The maximum Gasteiger partial charge on any atom is 0.308 e. The number of hydrogen-bond acceptors (Lipinski definition) is 5. The number of nitrogens with one attached hydrogen (secondary N) is 2. The van der Waals surface area contributed by atoms with Gasteiger partial charge in [-0.25, -0.2) is 4.39 Å². The molecule has 1 heterocycles. The number of benzene rings is 1. The lowest BCUT2D eigenvalue weighted by atomic mass is 10.3. The second kappa shape index (κ2) is 8.47. The number of ether oxygens (including phenoxy) is 1. The second-order valence-corrected chi connectivity index (χ2v) is 4.70. The molecule has 0 atom stereocenters. The Morgan fingerprint density at radius 2 is 1.88 bits per heavy atom. The number of hydrogen-bond donors (Lipinski definition) is 2. The Morgan fingerprint density at radius 1 is 1.12 bits per heavy atom. The van der Waals surface area contributed by atoms with Gasteiger partial charge in [-0.3, -0.25) is 14.4 Å². The van der Waals surface area contributed by atoms with Crippen molar-refractivity contribution in [2.75, 3.05) is 18.5 Å². The molecule has 1 aromatic carbocycles. The van der Waals surface area contributed by atoms with E-state index in [9.17, 15) is 18.8 Å². The maximum absolute atomic E-state index is 12.7. The van der Waals surface area contributed by atoms with Crippen molar-refractivity contribution in [2.24, 2.45) is 0 Å². The fourth-order valence-electron chi connectivity index (χ4n) is 1.72. The molecule has 0 spiro atoms. The minimum Gasteiger partial charge on any atom is -0.459 e. The smallest absolute Gasteiger partial charge is 0.308 e. The van der Waals surface area contributed by atoms with Crippen molar-refractivity contribution >= 4 is 23.5 Å². The van der Waals surface area contributed by atoms with Gasteiger partial charge < -0.3 is 19.8 Å². The lowest BCUT2D eigenvalue weighted by Crippen LogP contribution is -2.27. The van der Waals surface area contributed by atoms with Crippen LogP contribution in [0.5, 0.6) is 0 Å². The van der Waals surface area contributed by atoms with E-state index in [4.69, 9.17) is 9.15 Å². The summed E-state index contributed by atoms with van der Waals surface area (Å²) in [5, 5.41) is 4.93. The van der Waals surface area contributed by atoms with E-state index in [-0.39, 0.29) is 18.7 Å². The van der Waals surface area contributed by atoms with Crippen LogP contribution < -0.4 is 10.6 Å². The van der Waals surface area contributed by atoms with Gasteiger partial charge in [-0.05, 0) is 36.4 Å². The van der Waals surface area contributed by atoms with Crippen molar-refractivity contribution in [3.8, 4) is 0 Å². The molecule has 0 fully saturated rings. The topological polar surface area (TPSA) is 97.6 Å². The van der Waals surface area contributed by atoms with Crippen molar-refractivity contribution in [3.63, 3.8) is 0 Å². The Morgan fingerprint density at radius 3 is 2.54 bits per heavy atom. The Bertz CT molecular complexity index is 698. The summed E-state index contributed by atoms with van der Waals surface area (Å²) in [6.07, 6.45) is 1.28. The molecule has 0 aliphatic rings. The van der Waals surface area contributed by atoms with Crippen molar-refractivity contribution in [1.82, 2.24) is 5.32 Å². The predicted molar refractivity (Wildman–Crippen MR) is 81.6 cm³/mol. The summed E-state index contributed by atoms with van der Waals surface area (Å²) in [6.45, 7) is -0.416. The Balaban J connectivity index is 1.63. The molecule has 2 rings (SSSR count). The second-order valence-electron chi connectivity index (χ2n) is 4.70. The molecule has 2 N–H and O–H groups in total. The van der Waals surface area contributed by atoms with Crippen LogP contribution >= 0.6 is 0 Å². The first-order chi connectivity index (χ1) is 11.5. The lowest BCUT2D eigenvalue weighted by Gasteiger charge is -2.07. The van der Waals surface area contributed by atoms with E-state index in [2.05, 4.69) is 10.6 Å². The lowest BCUT2D eigenvalue weighted by molar-refractivity contribution is -0.147. The average Bonchev–Trinajstić information content (AvgIpc) is 3.10. The fourth-order valence-corrected chi connectivity index (χ4v) is 1.72. The SMILES string of the molecule is O=C(COC(=O)CCNC(=O)c1ccco1)Nc1ccc(F)cc1. The molecule has 2 amide bonds. The summed E-state index contributed by atoms with van der Waals surface area (Å²) in [7, 11) is 0. The fraction of sp³-hybridized carbons (Fsp3) is 0.188. The molecule has 0 bridgehead atoms. The normalized spacial score (nSPS) is 10.0. The standard InChI is InChI=1S/C16H15FN2O5/c17-11-3-5-12(6-4-11)19-14(20)10-24-15(21)7-8-18-16(22)13-2-1-9-23-13/h1-6,9H,7-8,10H2,(H,18,22)(H,19,20). The molecule has 7 nitrogen and oxygen atoms in total. The number of furan rings is 1. The highest BCUT2D eigenvalue weighted by atomic mass is 19.1. The van der Waals surface area contributed by atoms with Crippen LogP contribution in [0.4, 0.5) is 10.1 Å². The van der Waals surface area contributed by atoms with Gasteiger partial charge in [-0.1, -0.05) is 0 Å². The molecule has 2 aromatic rings. The first-order valence-corrected chi connectivity index (χ1v) is 7.07. The van der Waals surface area contributed by atoms with Crippen molar-refractivity contribution in [2.45, 2.75) is 6.42 Å². The highest BCUT2D eigenvalue weighted by molar-refractivity contribution is 5.93. The molecule has 0 saturated heterocycles. The van der Waals surface area contributed by atoms with E-state index < -0.39 is 30.2 Å². The zero-order valence-corrected chi connectivity index (χ0v) is 12.6. The van der Waals surface area contributed by atoms with Crippen LogP contribution in [-0.4, -0.2) is 30.9 Å². The van der Waals surface area contributed by atoms with Crippen molar-refractivity contribution in [1.29, 1.82) is 0 Å². The molecular weight excluding hydrogens is 319 g/mol. The summed E-state index contributed by atoms with van der Waals surface area (Å²) in [5.74, 6) is -1.90. The monoisotopic (exact) mass is 334 g/mol. The first-order valence-electron chi connectivity index (χ1n) is 7.07. The first kappa shape index (κ1) is 17.2. The minimum atomic E-state index is -0.635. The Labute approximate surface area is 136 Å². The van der Waals surface area contributed by atoms with Gasteiger partial charge in [0.25, 0.3) is 11.8 Å². The minimum absolute atomic E-state index is 0.0535. The van der Waals surface area contributed by atoms with Crippen LogP contribution in [0.15, 0.2) is 47.1 Å². The van der Waals surface area contributed by atoms with E-state index in [1.54, 1.807) is 6.07 Å². The van der Waals surface area contributed by atoms with Crippen LogP contribution in [0.2, 0.25) is 0 Å². The third-order valence-corrected chi connectivity index (χ3v) is 2.85. The van der Waals surface area contributed by atoms with E-state index in [0.29, 0.717) is 5.69 Å². The van der Waals surface area contributed by atoms with Gasteiger partial charge in [0.1, 0.15) is 5.82 Å². The summed E-state index contributed by atoms with van der Waals surface area (Å²) in [4.78, 5) is 34.6. The Kier molecular flexibility index (Phi) is 6.07. The summed E-state index contributed by atoms with van der Waals surface area (Å²) < 4.78 is 22.4. The van der Waals surface area contributed by atoms with Crippen LogP contribution in [0.1, 0.15) is 17.0 Å². The van der Waals surface area contributed by atoms with E-state index in [1.165, 1.54) is 36.6 Å². The molecule has 0 radical (unpaired) electrons. The quantitative estimate of drug-likeness (QED) is 0.752. The van der Waals surface area contributed by atoms with Crippen LogP contribution in [-0.2, 0) is 14.3 Å². The third kappa shape index (κ3) is 5.56. The number of rotatable bonds is 7. The summed E-state index contributed by atoms with van der Waals surface area (Å²) >= 11 is 0. The molecule has 126 valence electrons. The highest BCUT2D eigenvalue weighted by Gasteiger charge is 2.11. The number of carbonyl (C=O) groups is 3. The molecule has 0 unspecified atom stereocenters. The third-order valence-electron chi connectivity index (χ3n) is 2.85. The van der Waals surface area contributed by atoms with Gasteiger partial charge in [-0.15, -0.1) is 0 Å². The van der Waals surface area contributed by atoms with Crippen LogP contribution in [0.3, 0.4) is 0 Å².